The SMILES string of the molecule is CC(CN)CCC(=O)NCC(=O)NC1CC1. The number of nitrogens with one attached hydrogen (secondary N) is 2. The summed E-state index contributed by atoms with van der Waals surface area (Å²) in [6.07, 6.45) is 3.34. The molecule has 0 aliphatic heterocycles. The molecule has 0 bridgehead atoms. The lowest BCUT2D eigenvalue weighted by Gasteiger charge is -2.08. The average molecular weight is 227 g/mol. The molecule has 2 amide bonds. The van der Waals surface area contributed by atoms with E-state index in [1.807, 2.05) is 6.92 Å². The third-order valence-electron chi connectivity index (χ3n) is 2.66. The molecule has 4 N–H and O–H groups in total. The first-order valence-electron chi connectivity index (χ1n) is 5.88. The van der Waals surface area contributed by atoms with Gasteiger partial charge in [0.2, 0.25) is 11.8 Å². The highest BCUT2D eigenvalue weighted by Gasteiger charge is 2.23. The van der Waals surface area contributed by atoms with E-state index < -0.39 is 0 Å². The van der Waals surface area contributed by atoms with Crippen LogP contribution < -0.4 is 16.4 Å². The second-order valence-electron chi connectivity index (χ2n) is 4.50. The van der Waals surface area contributed by atoms with Crippen LogP contribution in [0.4, 0.5) is 0 Å². The Kier molecular flexibility index (Phi) is 5.25. The molecule has 1 aliphatic rings. The lowest BCUT2D eigenvalue weighted by molar-refractivity contribution is -0.126. The first-order chi connectivity index (χ1) is 7.61. The molecule has 1 saturated carbocycles. The summed E-state index contributed by atoms with van der Waals surface area (Å²) in [5, 5.41) is 5.41. The molecule has 5 heteroatoms. The van der Waals surface area contributed by atoms with Crippen molar-refractivity contribution >= 4 is 11.8 Å². The Morgan fingerprint density at radius 1 is 1.38 bits per heavy atom. The van der Waals surface area contributed by atoms with Gasteiger partial charge in [-0.2, -0.15) is 0 Å². The Labute approximate surface area is 96.1 Å². The molecule has 1 aliphatic carbocycles. The van der Waals surface area contributed by atoms with Crippen LogP contribution in [0.25, 0.3) is 0 Å². The molecule has 92 valence electrons. The maximum Gasteiger partial charge on any atom is 0.239 e. The van der Waals surface area contributed by atoms with Crippen LogP contribution >= 0.6 is 0 Å². The van der Waals surface area contributed by atoms with Crippen molar-refractivity contribution in [3.63, 3.8) is 0 Å². The summed E-state index contributed by atoms with van der Waals surface area (Å²) < 4.78 is 0. The highest BCUT2D eigenvalue weighted by molar-refractivity contribution is 5.84. The van der Waals surface area contributed by atoms with E-state index in [0.29, 0.717) is 24.9 Å². The lowest BCUT2D eigenvalue weighted by Crippen LogP contribution is -2.37. The number of rotatable bonds is 7. The number of hydrogen-bond acceptors (Lipinski definition) is 3. The molecule has 1 unspecified atom stereocenters. The van der Waals surface area contributed by atoms with Gasteiger partial charge in [-0.1, -0.05) is 6.92 Å². The third-order valence-corrected chi connectivity index (χ3v) is 2.66. The van der Waals surface area contributed by atoms with Gasteiger partial charge in [-0.25, -0.2) is 0 Å². The normalized spacial score (nSPS) is 16.6. The molecule has 0 aromatic heterocycles. The smallest absolute Gasteiger partial charge is 0.239 e. The van der Waals surface area contributed by atoms with Crippen molar-refractivity contribution in [1.29, 1.82) is 0 Å². The molecule has 0 saturated heterocycles. The number of nitrogens with two attached hydrogens (primary N) is 1. The number of amides is 2. The molecule has 0 radical (unpaired) electrons. The summed E-state index contributed by atoms with van der Waals surface area (Å²) in [5.74, 6) is 0.181. The first kappa shape index (κ1) is 13.0. The van der Waals surface area contributed by atoms with Gasteiger partial charge in [-0.3, -0.25) is 9.59 Å². The maximum absolute atomic E-state index is 11.3. The Hall–Kier alpha value is -1.10. The summed E-state index contributed by atoms with van der Waals surface area (Å²) >= 11 is 0. The van der Waals surface area contributed by atoms with E-state index in [0.717, 1.165) is 19.3 Å². The Morgan fingerprint density at radius 2 is 2.06 bits per heavy atom. The van der Waals surface area contributed by atoms with Gasteiger partial charge in [0.15, 0.2) is 0 Å². The van der Waals surface area contributed by atoms with Gasteiger partial charge in [0.05, 0.1) is 6.54 Å². The predicted molar refractivity (Wildman–Crippen MR) is 61.6 cm³/mol. The quantitative estimate of drug-likeness (QED) is 0.561. The van der Waals surface area contributed by atoms with E-state index in [-0.39, 0.29) is 18.4 Å². The van der Waals surface area contributed by atoms with E-state index in [2.05, 4.69) is 10.6 Å². The Balaban J connectivity index is 2.02. The van der Waals surface area contributed by atoms with Crippen LogP contribution in [0.15, 0.2) is 0 Å². The fourth-order valence-electron chi connectivity index (χ4n) is 1.27. The summed E-state index contributed by atoms with van der Waals surface area (Å²) in [7, 11) is 0. The Bertz CT molecular complexity index is 252. The largest absolute Gasteiger partial charge is 0.352 e. The fraction of sp³-hybridized carbons (Fsp3) is 0.818. The molecule has 0 aromatic carbocycles. The van der Waals surface area contributed by atoms with Gasteiger partial charge in [-0.05, 0) is 31.7 Å². The fourth-order valence-corrected chi connectivity index (χ4v) is 1.27. The second kappa shape index (κ2) is 6.48. The van der Waals surface area contributed by atoms with E-state index >= 15 is 0 Å². The number of hydrogen-bond donors (Lipinski definition) is 3. The van der Waals surface area contributed by atoms with Crippen molar-refractivity contribution in [2.24, 2.45) is 11.7 Å². The zero-order chi connectivity index (χ0) is 12.0. The summed E-state index contributed by atoms with van der Waals surface area (Å²) in [6.45, 7) is 2.69. The molecule has 0 aromatic rings. The van der Waals surface area contributed by atoms with E-state index in [4.69, 9.17) is 5.73 Å². The van der Waals surface area contributed by atoms with Gasteiger partial charge in [0, 0.05) is 12.5 Å². The highest BCUT2D eigenvalue weighted by atomic mass is 16.2. The zero-order valence-corrected chi connectivity index (χ0v) is 9.79. The van der Waals surface area contributed by atoms with Crippen molar-refractivity contribution in [1.82, 2.24) is 10.6 Å². The molecule has 0 heterocycles. The summed E-state index contributed by atoms with van der Waals surface area (Å²) in [5.41, 5.74) is 5.45. The van der Waals surface area contributed by atoms with Gasteiger partial charge < -0.3 is 16.4 Å². The van der Waals surface area contributed by atoms with Crippen molar-refractivity contribution < 1.29 is 9.59 Å². The van der Waals surface area contributed by atoms with Crippen LogP contribution in [0.3, 0.4) is 0 Å². The van der Waals surface area contributed by atoms with Crippen LogP contribution in [-0.2, 0) is 9.59 Å². The molecular weight excluding hydrogens is 206 g/mol. The minimum absolute atomic E-state index is 0.0775. The van der Waals surface area contributed by atoms with Crippen molar-refractivity contribution in [3.8, 4) is 0 Å². The highest BCUT2D eigenvalue weighted by Crippen LogP contribution is 2.18. The van der Waals surface area contributed by atoms with Crippen LogP contribution in [-0.4, -0.2) is 30.9 Å². The first-order valence-corrected chi connectivity index (χ1v) is 5.88. The zero-order valence-electron chi connectivity index (χ0n) is 9.79. The lowest BCUT2D eigenvalue weighted by atomic mass is 10.1. The van der Waals surface area contributed by atoms with Crippen molar-refractivity contribution in [2.75, 3.05) is 13.1 Å². The van der Waals surface area contributed by atoms with E-state index in [1.165, 1.54) is 0 Å². The summed E-state index contributed by atoms with van der Waals surface area (Å²) in [4.78, 5) is 22.6. The molecule has 1 atom stereocenters. The number of carbonyl (C=O) groups is 2. The van der Waals surface area contributed by atoms with Crippen molar-refractivity contribution in [2.45, 2.75) is 38.6 Å². The van der Waals surface area contributed by atoms with Gasteiger partial charge in [0.25, 0.3) is 0 Å². The molecular formula is C11H21N3O2. The minimum atomic E-state index is -0.0947. The van der Waals surface area contributed by atoms with E-state index in [1.54, 1.807) is 0 Å². The van der Waals surface area contributed by atoms with Crippen LogP contribution in [0.2, 0.25) is 0 Å². The van der Waals surface area contributed by atoms with Crippen LogP contribution in [0.1, 0.15) is 32.6 Å². The predicted octanol–water partition coefficient (Wildman–Crippen LogP) is -0.244. The van der Waals surface area contributed by atoms with E-state index in [9.17, 15) is 9.59 Å². The van der Waals surface area contributed by atoms with Gasteiger partial charge in [-0.15, -0.1) is 0 Å². The molecule has 1 rings (SSSR count). The topological polar surface area (TPSA) is 84.2 Å². The minimum Gasteiger partial charge on any atom is -0.352 e. The Morgan fingerprint density at radius 3 is 2.62 bits per heavy atom. The van der Waals surface area contributed by atoms with Crippen molar-refractivity contribution in [3.05, 3.63) is 0 Å². The van der Waals surface area contributed by atoms with Gasteiger partial charge >= 0.3 is 0 Å². The van der Waals surface area contributed by atoms with Crippen LogP contribution in [0.5, 0.6) is 0 Å². The molecule has 16 heavy (non-hydrogen) atoms. The third kappa shape index (κ3) is 5.70. The monoisotopic (exact) mass is 227 g/mol. The average Bonchev–Trinajstić information content (AvgIpc) is 3.06. The van der Waals surface area contributed by atoms with Crippen LogP contribution in [0, 0.1) is 5.92 Å². The van der Waals surface area contributed by atoms with Gasteiger partial charge in [0.1, 0.15) is 0 Å². The maximum atomic E-state index is 11.3. The summed E-state index contributed by atoms with van der Waals surface area (Å²) in [6, 6.07) is 0.349. The standard InChI is InChI=1S/C11H21N3O2/c1-8(6-12)2-5-10(15)13-7-11(16)14-9-3-4-9/h8-9H,2-7,12H2,1H3,(H,13,15)(H,14,16). The number of carbonyl (C=O) groups excluding carboxylic acids is 2. The second-order valence-corrected chi connectivity index (χ2v) is 4.50. The molecule has 1 fully saturated rings. The molecule has 5 nitrogen and oxygen atoms in total. The molecule has 0 spiro atoms.